The molecule has 0 radical (unpaired) electrons. The van der Waals surface area contributed by atoms with Gasteiger partial charge in [-0.2, -0.15) is 22.7 Å². The van der Waals surface area contributed by atoms with Crippen molar-refractivity contribution in [3.05, 3.63) is 74.4 Å². The summed E-state index contributed by atoms with van der Waals surface area (Å²) in [6.07, 6.45) is 3.62. The van der Waals surface area contributed by atoms with E-state index < -0.39 is 35.2 Å². The van der Waals surface area contributed by atoms with E-state index in [2.05, 4.69) is 26.5 Å². The molecule has 2 amide bonds. The number of halogens is 4. The first-order chi connectivity index (χ1) is 24.3. The number of rotatable bonds is 5. The van der Waals surface area contributed by atoms with Crippen molar-refractivity contribution in [3.8, 4) is 5.75 Å². The van der Waals surface area contributed by atoms with E-state index in [1.165, 1.54) is 10.8 Å². The molecule has 0 spiro atoms. The highest BCUT2D eigenvalue weighted by Crippen LogP contribution is 2.42. The third-order valence-electron chi connectivity index (χ3n) is 9.83. The molecule has 268 valence electrons. The number of hydrogen-bond donors (Lipinski definition) is 2. The molecule has 7 rings (SSSR count). The second-order valence-electron chi connectivity index (χ2n) is 13.2. The van der Waals surface area contributed by atoms with E-state index in [9.17, 15) is 32.7 Å². The zero-order valence-electron chi connectivity index (χ0n) is 27.9. The van der Waals surface area contributed by atoms with Crippen LogP contribution in [0.4, 0.5) is 24.5 Å². The predicted octanol–water partition coefficient (Wildman–Crippen LogP) is 5.36. The van der Waals surface area contributed by atoms with Crippen LogP contribution >= 0.6 is 11.6 Å². The van der Waals surface area contributed by atoms with Crippen molar-refractivity contribution < 1.29 is 27.9 Å². The van der Waals surface area contributed by atoms with Gasteiger partial charge in [-0.15, -0.1) is 5.10 Å². The van der Waals surface area contributed by atoms with Gasteiger partial charge in [-0.05, 0) is 62.8 Å². The molecule has 1 saturated heterocycles. The lowest BCUT2D eigenvalue weighted by molar-refractivity contribution is -0.137. The molecule has 1 fully saturated rings. The molecular weight excluding hydrogens is 691 g/mol. The predicted molar refractivity (Wildman–Crippen MR) is 182 cm³/mol. The molecular formula is C34H35ClF3N9O4. The molecule has 3 aliphatic rings. The first kappa shape index (κ1) is 34.5. The molecule has 2 unspecified atom stereocenters. The molecule has 4 aromatic rings. The summed E-state index contributed by atoms with van der Waals surface area (Å²) in [7, 11) is 0. The van der Waals surface area contributed by atoms with E-state index in [1.54, 1.807) is 16.4 Å². The van der Waals surface area contributed by atoms with Crippen LogP contribution in [-0.2, 0) is 11.0 Å². The van der Waals surface area contributed by atoms with Crippen LogP contribution < -0.4 is 15.8 Å². The van der Waals surface area contributed by atoms with Crippen LogP contribution in [0.15, 0.2) is 35.4 Å². The normalized spacial score (nSPS) is 19.5. The average molecular weight is 726 g/mol. The van der Waals surface area contributed by atoms with Gasteiger partial charge in [-0.1, -0.05) is 31.0 Å². The van der Waals surface area contributed by atoms with Gasteiger partial charge < -0.3 is 20.2 Å². The van der Waals surface area contributed by atoms with E-state index in [0.29, 0.717) is 17.2 Å². The number of alkyl halides is 3. The fourth-order valence-electron chi connectivity index (χ4n) is 7.15. The van der Waals surface area contributed by atoms with Gasteiger partial charge in [0.1, 0.15) is 18.1 Å². The van der Waals surface area contributed by atoms with Crippen LogP contribution in [0.2, 0.25) is 5.02 Å². The number of aryl methyl sites for hydroxylation is 1. The third kappa shape index (κ3) is 6.29. The van der Waals surface area contributed by atoms with Gasteiger partial charge >= 0.3 is 6.18 Å². The Morgan fingerprint density at radius 2 is 1.84 bits per heavy atom. The lowest BCUT2D eigenvalue weighted by Gasteiger charge is -2.36. The molecule has 1 aromatic carbocycles. The summed E-state index contributed by atoms with van der Waals surface area (Å²) in [5.41, 5.74) is 0.673. The first-order valence-corrected chi connectivity index (χ1v) is 17.2. The van der Waals surface area contributed by atoms with E-state index >= 15 is 0 Å². The number of benzene rings is 1. The van der Waals surface area contributed by atoms with Crippen molar-refractivity contribution in [1.82, 2.24) is 34.0 Å². The average Bonchev–Trinajstić information content (AvgIpc) is 3.57. The lowest BCUT2D eigenvalue weighted by Crippen LogP contribution is -2.51. The number of piperazine rings is 1. The minimum absolute atomic E-state index is 0.0181. The Morgan fingerprint density at radius 3 is 2.57 bits per heavy atom. The summed E-state index contributed by atoms with van der Waals surface area (Å²) in [5, 5.41) is 17.5. The highest BCUT2D eigenvalue weighted by Gasteiger charge is 2.41. The van der Waals surface area contributed by atoms with Gasteiger partial charge in [0.2, 0.25) is 11.7 Å². The van der Waals surface area contributed by atoms with E-state index in [0.717, 1.165) is 55.9 Å². The van der Waals surface area contributed by atoms with Gasteiger partial charge in [-0.25, -0.2) is 9.97 Å². The smallest absolute Gasteiger partial charge is 0.416 e. The summed E-state index contributed by atoms with van der Waals surface area (Å²) in [4.78, 5) is 57.8. The number of nitrogens with one attached hydrogen (secondary N) is 1. The zero-order chi connectivity index (χ0) is 36.2. The topological polar surface area (TPSA) is 151 Å². The fourth-order valence-corrected chi connectivity index (χ4v) is 7.38. The standard InChI is InChI=1S/C34H35ClF3N9O4/c1-18-15-24(30(49)41-23-10-9-21(16-22(23)35)34(36,37)38)46-26(18)27(32(51)47-33(46)42-29(43-47)20-7-5-3-4-6-8-20)44-11-13-45(14-12-44)31(50)25-28(48)19(2)39-17-40-25/h7,9-10,16-18,24,48H,3-6,8,11-15H2,1-2H3,(H,41,49). The Kier molecular flexibility index (Phi) is 8.98. The molecule has 3 aromatic heterocycles. The van der Waals surface area contributed by atoms with E-state index in [-0.39, 0.29) is 72.1 Å². The molecule has 0 saturated carbocycles. The summed E-state index contributed by atoms with van der Waals surface area (Å²) < 4.78 is 42.8. The number of aromatic nitrogens is 6. The minimum Gasteiger partial charge on any atom is -0.504 e. The second-order valence-corrected chi connectivity index (χ2v) is 13.6. The number of hydrogen-bond acceptors (Lipinski definition) is 9. The third-order valence-corrected chi connectivity index (χ3v) is 10.1. The summed E-state index contributed by atoms with van der Waals surface area (Å²) in [6.45, 7) is 4.44. The van der Waals surface area contributed by atoms with Crippen LogP contribution in [0.5, 0.6) is 5.75 Å². The maximum Gasteiger partial charge on any atom is 0.416 e. The maximum absolute atomic E-state index is 14.4. The fraction of sp³-hybridized carbons (Fsp3) is 0.441. The summed E-state index contributed by atoms with van der Waals surface area (Å²) >= 11 is 6.20. The number of carbonyl (C=O) groups excluding carboxylic acids is 2. The van der Waals surface area contributed by atoms with Crippen molar-refractivity contribution in [2.45, 2.75) is 70.5 Å². The number of allylic oxidation sites excluding steroid dienone is 2. The molecule has 1 aliphatic carbocycles. The highest BCUT2D eigenvalue weighted by molar-refractivity contribution is 6.33. The molecule has 0 bridgehead atoms. The van der Waals surface area contributed by atoms with Crippen molar-refractivity contribution >= 4 is 46.1 Å². The van der Waals surface area contributed by atoms with E-state index in [1.807, 2.05) is 11.8 Å². The van der Waals surface area contributed by atoms with Gasteiger partial charge in [0, 0.05) is 32.1 Å². The van der Waals surface area contributed by atoms with Crippen molar-refractivity contribution in [2.24, 2.45) is 0 Å². The van der Waals surface area contributed by atoms with Crippen molar-refractivity contribution in [1.29, 1.82) is 0 Å². The molecule has 17 heteroatoms. The van der Waals surface area contributed by atoms with Gasteiger partial charge in [0.05, 0.1) is 27.7 Å². The summed E-state index contributed by atoms with van der Waals surface area (Å²) in [5.74, 6) is -1.000. The molecule has 2 aliphatic heterocycles. The number of amides is 2. The molecule has 13 nitrogen and oxygen atoms in total. The van der Waals surface area contributed by atoms with Gasteiger partial charge in [-0.3, -0.25) is 19.0 Å². The number of anilines is 2. The quantitative estimate of drug-likeness (QED) is 0.277. The lowest BCUT2D eigenvalue weighted by atomic mass is 10.0. The maximum atomic E-state index is 14.4. The molecule has 2 atom stereocenters. The highest BCUT2D eigenvalue weighted by atomic mass is 35.5. The number of fused-ring (bicyclic) bond motifs is 3. The zero-order valence-corrected chi connectivity index (χ0v) is 28.6. The van der Waals surface area contributed by atoms with Crippen LogP contribution in [0.3, 0.4) is 0 Å². The van der Waals surface area contributed by atoms with Crippen LogP contribution in [-0.4, -0.2) is 77.1 Å². The second kappa shape index (κ2) is 13.3. The van der Waals surface area contributed by atoms with Gasteiger partial charge in [0.25, 0.3) is 11.5 Å². The van der Waals surface area contributed by atoms with Crippen molar-refractivity contribution in [2.75, 3.05) is 36.4 Å². The Hall–Kier alpha value is -4.99. The number of aromatic hydroxyl groups is 1. The largest absolute Gasteiger partial charge is 0.504 e. The Labute approximate surface area is 294 Å². The minimum atomic E-state index is -4.60. The monoisotopic (exact) mass is 725 g/mol. The van der Waals surface area contributed by atoms with Crippen LogP contribution in [0, 0.1) is 6.92 Å². The molecule has 5 heterocycles. The Balaban J connectivity index is 1.27. The number of carbonyl (C=O) groups is 2. The molecule has 2 N–H and O–H groups in total. The van der Waals surface area contributed by atoms with Gasteiger partial charge in [0.15, 0.2) is 17.3 Å². The van der Waals surface area contributed by atoms with Crippen LogP contribution in [0.25, 0.3) is 11.4 Å². The number of nitrogens with zero attached hydrogens (tertiary/aromatic N) is 8. The molecule has 51 heavy (non-hydrogen) atoms. The summed E-state index contributed by atoms with van der Waals surface area (Å²) in [6, 6.07) is 1.83. The van der Waals surface area contributed by atoms with E-state index in [4.69, 9.17) is 16.6 Å². The van der Waals surface area contributed by atoms with Crippen molar-refractivity contribution in [3.63, 3.8) is 0 Å². The SMILES string of the molecule is Cc1ncnc(C(=O)N2CCN(c3c4n(c5nc(C6=CCCCCC6)nn5c3=O)C(C(=O)Nc3ccc(C(F)(F)F)cc3Cl)CC4C)CC2)c1O. The first-order valence-electron chi connectivity index (χ1n) is 16.8. The Bertz CT molecular complexity index is 2140. The Morgan fingerprint density at radius 1 is 1.08 bits per heavy atom. The van der Waals surface area contributed by atoms with Crippen LogP contribution in [0.1, 0.15) is 90.7 Å².